The van der Waals surface area contributed by atoms with Crippen molar-refractivity contribution in [1.29, 1.82) is 0 Å². The maximum Gasteiger partial charge on any atom is 0.420 e. The molecule has 8 heteroatoms. The molecule has 0 unspecified atom stereocenters. The lowest BCUT2D eigenvalue weighted by Gasteiger charge is -2.17. The highest BCUT2D eigenvalue weighted by Gasteiger charge is 2.36. The molecular formula is C33H22F6O2. The average Bonchev–Trinajstić information content (AvgIpc) is 2.94. The Bertz CT molecular complexity index is 1660. The topological polar surface area (TPSA) is 18.5 Å². The molecule has 2 nitrogen and oxygen atoms in total. The van der Waals surface area contributed by atoms with Crippen molar-refractivity contribution in [2.45, 2.75) is 19.3 Å². The highest BCUT2D eigenvalue weighted by Crippen LogP contribution is 2.43. The molecule has 0 spiro atoms. The van der Waals surface area contributed by atoms with Gasteiger partial charge in [0.15, 0.2) is 0 Å². The van der Waals surface area contributed by atoms with E-state index in [4.69, 9.17) is 9.47 Å². The number of aryl methyl sites for hydroxylation is 1. The summed E-state index contributed by atoms with van der Waals surface area (Å²) in [5, 5.41) is 0. The lowest BCUT2D eigenvalue weighted by Crippen LogP contribution is -2.07. The van der Waals surface area contributed by atoms with Gasteiger partial charge in [0.05, 0.1) is 11.1 Å². The number of benzene rings is 5. The van der Waals surface area contributed by atoms with E-state index >= 15 is 0 Å². The zero-order chi connectivity index (χ0) is 29.2. The first-order valence-electron chi connectivity index (χ1n) is 12.5. The normalized spacial score (nSPS) is 11.8. The summed E-state index contributed by atoms with van der Waals surface area (Å²) in [6.07, 6.45) is -9.41. The van der Waals surface area contributed by atoms with Crippen molar-refractivity contribution < 1.29 is 35.8 Å². The number of rotatable bonds is 6. The summed E-state index contributed by atoms with van der Waals surface area (Å²) in [5.74, 6) is -0.202. The van der Waals surface area contributed by atoms with Crippen LogP contribution in [-0.2, 0) is 12.4 Å². The van der Waals surface area contributed by atoms with Gasteiger partial charge in [-0.25, -0.2) is 0 Å². The first-order valence-corrected chi connectivity index (χ1v) is 12.5. The smallest absolute Gasteiger partial charge is 0.420 e. The molecule has 0 heterocycles. The van der Waals surface area contributed by atoms with Crippen LogP contribution in [0.2, 0.25) is 0 Å². The number of ether oxygens (including phenoxy) is 2. The summed E-state index contributed by atoms with van der Waals surface area (Å²) in [7, 11) is 0. The Labute approximate surface area is 232 Å². The van der Waals surface area contributed by atoms with Crippen molar-refractivity contribution in [1.82, 2.24) is 0 Å². The van der Waals surface area contributed by atoms with Crippen molar-refractivity contribution in [3.63, 3.8) is 0 Å². The van der Waals surface area contributed by atoms with E-state index in [1.165, 1.54) is 24.3 Å². The summed E-state index contributed by atoms with van der Waals surface area (Å²) in [6, 6.07) is 28.4. The minimum Gasteiger partial charge on any atom is -0.457 e. The number of alkyl halides is 6. The van der Waals surface area contributed by atoms with Gasteiger partial charge in [0.25, 0.3) is 0 Å². The van der Waals surface area contributed by atoms with Crippen LogP contribution in [0.15, 0.2) is 115 Å². The Balaban J connectivity index is 1.50. The fourth-order valence-electron chi connectivity index (χ4n) is 4.27. The SMILES string of the molecule is Cc1ccc(Oc2ccc(-c3cccc(-c4ccc(Oc5ccccc5)c(C(F)(F)F)c4)c3)cc2C(F)(F)F)cc1. The highest BCUT2D eigenvalue weighted by atomic mass is 19.4. The molecule has 0 atom stereocenters. The average molecular weight is 565 g/mol. The standard InChI is InChI=1S/C33H22F6O2/c1-21-10-14-27(15-11-21)41-31-17-13-25(20-29(31)33(37,38)39)23-7-5-6-22(18-23)24-12-16-30(28(19-24)32(34,35)36)40-26-8-3-2-4-9-26/h2-20H,1H3. The summed E-state index contributed by atoms with van der Waals surface area (Å²) >= 11 is 0. The zero-order valence-corrected chi connectivity index (χ0v) is 21.6. The number of hydrogen-bond acceptors (Lipinski definition) is 2. The van der Waals surface area contributed by atoms with Crippen LogP contribution in [0.1, 0.15) is 16.7 Å². The van der Waals surface area contributed by atoms with E-state index in [1.54, 1.807) is 78.9 Å². The lowest BCUT2D eigenvalue weighted by molar-refractivity contribution is -0.139. The molecule has 0 fully saturated rings. The van der Waals surface area contributed by atoms with Crippen LogP contribution < -0.4 is 9.47 Å². The molecule has 0 aromatic heterocycles. The van der Waals surface area contributed by atoms with Gasteiger partial charge >= 0.3 is 12.4 Å². The van der Waals surface area contributed by atoms with E-state index in [0.29, 0.717) is 11.1 Å². The molecule has 208 valence electrons. The molecule has 5 aromatic carbocycles. The van der Waals surface area contributed by atoms with Crippen LogP contribution in [0.25, 0.3) is 22.3 Å². The van der Waals surface area contributed by atoms with Crippen molar-refractivity contribution >= 4 is 0 Å². The molecule has 0 amide bonds. The number of hydrogen-bond donors (Lipinski definition) is 0. The van der Waals surface area contributed by atoms with E-state index in [-0.39, 0.29) is 34.1 Å². The van der Waals surface area contributed by atoms with Gasteiger partial charge in [0, 0.05) is 0 Å². The molecule has 0 aliphatic heterocycles. The summed E-state index contributed by atoms with van der Waals surface area (Å²) in [4.78, 5) is 0. The van der Waals surface area contributed by atoms with Gasteiger partial charge in [-0.1, -0.05) is 66.2 Å². The number of halogens is 6. The van der Waals surface area contributed by atoms with Gasteiger partial charge in [-0.05, 0) is 83.8 Å². The molecule has 0 N–H and O–H groups in total. The fraction of sp³-hybridized carbons (Fsp3) is 0.0909. The first kappa shape index (κ1) is 27.8. The zero-order valence-electron chi connectivity index (χ0n) is 21.6. The van der Waals surface area contributed by atoms with Gasteiger partial charge in [-0.3, -0.25) is 0 Å². The van der Waals surface area contributed by atoms with Gasteiger partial charge in [0.2, 0.25) is 0 Å². The quantitative estimate of drug-likeness (QED) is 0.191. The Morgan fingerprint density at radius 1 is 0.439 bits per heavy atom. The molecule has 0 bridgehead atoms. The first-order chi connectivity index (χ1) is 19.5. The van der Waals surface area contributed by atoms with Crippen LogP contribution in [0.3, 0.4) is 0 Å². The van der Waals surface area contributed by atoms with Crippen LogP contribution in [0.4, 0.5) is 26.3 Å². The van der Waals surface area contributed by atoms with E-state index in [9.17, 15) is 26.3 Å². The van der Waals surface area contributed by atoms with E-state index in [1.807, 2.05) is 6.92 Å². The van der Waals surface area contributed by atoms with Crippen LogP contribution >= 0.6 is 0 Å². The molecule has 5 rings (SSSR count). The van der Waals surface area contributed by atoms with E-state index < -0.39 is 23.5 Å². The van der Waals surface area contributed by atoms with Gasteiger partial charge < -0.3 is 9.47 Å². The molecule has 5 aromatic rings. The van der Waals surface area contributed by atoms with Gasteiger partial charge in [-0.15, -0.1) is 0 Å². The Kier molecular flexibility index (Phi) is 7.49. The molecule has 41 heavy (non-hydrogen) atoms. The second-order valence-electron chi connectivity index (χ2n) is 9.33. The summed E-state index contributed by atoms with van der Waals surface area (Å²) in [6.45, 7) is 1.85. The Morgan fingerprint density at radius 3 is 1.34 bits per heavy atom. The minimum atomic E-state index is -4.70. The van der Waals surface area contributed by atoms with Crippen molar-refractivity contribution in [2.75, 3.05) is 0 Å². The van der Waals surface area contributed by atoms with Crippen molar-refractivity contribution in [3.8, 4) is 45.3 Å². The fourth-order valence-corrected chi connectivity index (χ4v) is 4.27. The second kappa shape index (κ2) is 11.0. The third-order valence-corrected chi connectivity index (χ3v) is 6.32. The monoisotopic (exact) mass is 564 g/mol. The lowest BCUT2D eigenvalue weighted by atomic mass is 9.96. The van der Waals surface area contributed by atoms with Crippen LogP contribution in [0.5, 0.6) is 23.0 Å². The predicted octanol–water partition coefficient (Wildman–Crippen LogP) is 11.0. The molecule has 0 aliphatic rings. The van der Waals surface area contributed by atoms with Gasteiger partial charge in [0.1, 0.15) is 23.0 Å². The van der Waals surface area contributed by atoms with Crippen LogP contribution in [0, 0.1) is 6.92 Å². The predicted molar refractivity (Wildman–Crippen MR) is 145 cm³/mol. The molecule has 0 aliphatic carbocycles. The molecule has 0 saturated heterocycles. The summed E-state index contributed by atoms with van der Waals surface area (Å²) in [5.41, 5.74) is 0.250. The van der Waals surface area contributed by atoms with E-state index in [2.05, 4.69) is 0 Å². The summed E-state index contributed by atoms with van der Waals surface area (Å²) < 4.78 is 94.9. The Morgan fingerprint density at radius 2 is 0.878 bits per heavy atom. The van der Waals surface area contributed by atoms with Crippen molar-refractivity contribution in [2.24, 2.45) is 0 Å². The third-order valence-electron chi connectivity index (χ3n) is 6.32. The highest BCUT2D eigenvalue weighted by molar-refractivity contribution is 5.75. The minimum absolute atomic E-state index is 0.231. The maximum atomic E-state index is 14.0. The van der Waals surface area contributed by atoms with Crippen LogP contribution in [-0.4, -0.2) is 0 Å². The number of para-hydroxylation sites is 1. The molecule has 0 radical (unpaired) electrons. The van der Waals surface area contributed by atoms with Crippen molar-refractivity contribution in [3.05, 3.63) is 132 Å². The van der Waals surface area contributed by atoms with Gasteiger partial charge in [-0.2, -0.15) is 26.3 Å². The molecular weight excluding hydrogens is 542 g/mol. The maximum absolute atomic E-state index is 14.0. The second-order valence-corrected chi connectivity index (χ2v) is 9.33. The van der Waals surface area contributed by atoms with E-state index in [0.717, 1.165) is 17.7 Å². The third kappa shape index (κ3) is 6.54. The Hall–Kier alpha value is -4.72. The largest absolute Gasteiger partial charge is 0.457 e. The molecule has 0 saturated carbocycles.